The fourth-order valence-electron chi connectivity index (χ4n) is 5.72. The number of rotatable bonds is 6. The number of anilines is 1. The highest BCUT2D eigenvalue weighted by Gasteiger charge is 2.45. The molecule has 1 aromatic heterocycles. The van der Waals surface area contributed by atoms with Crippen LogP contribution in [0.4, 0.5) is 10.1 Å². The highest BCUT2D eigenvalue weighted by Crippen LogP contribution is 2.33. The molecule has 3 aliphatic rings. The third-order valence-electron chi connectivity index (χ3n) is 7.94. The zero-order valence-corrected chi connectivity index (χ0v) is 22.3. The van der Waals surface area contributed by atoms with Crippen molar-refractivity contribution in [2.45, 2.75) is 44.3 Å². The van der Waals surface area contributed by atoms with E-state index in [0.29, 0.717) is 49.4 Å². The fourth-order valence-corrected chi connectivity index (χ4v) is 5.72. The molecule has 2 N–H and O–H groups in total. The van der Waals surface area contributed by atoms with Gasteiger partial charge in [-0.15, -0.1) is 0 Å². The molecule has 0 bridgehead atoms. The molecule has 11 heteroatoms. The molecule has 0 radical (unpaired) electrons. The summed E-state index contributed by atoms with van der Waals surface area (Å²) in [6.45, 7) is 5.29. The van der Waals surface area contributed by atoms with E-state index in [4.69, 9.17) is 0 Å². The molecule has 2 fully saturated rings. The number of hydrogen-bond donors (Lipinski definition) is 2. The Kier molecular flexibility index (Phi) is 6.86. The molecule has 3 aliphatic heterocycles. The van der Waals surface area contributed by atoms with E-state index in [9.17, 15) is 23.6 Å². The number of fused-ring (bicyclic) bond motifs is 1. The average molecular weight is 557 g/mol. The van der Waals surface area contributed by atoms with E-state index in [-0.39, 0.29) is 28.9 Å². The van der Waals surface area contributed by atoms with Crippen LogP contribution in [0, 0.1) is 5.82 Å². The molecule has 2 aromatic carbocycles. The van der Waals surface area contributed by atoms with Gasteiger partial charge in [0.2, 0.25) is 5.91 Å². The van der Waals surface area contributed by atoms with Crippen molar-refractivity contribution in [1.29, 1.82) is 0 Å². The van der Waals surface area contributed by atoms with Gasteiger partial charge in [0, 0.05) is 48.3 Å². The smallest absolute Gasteiger partial charge is 0.264 e. The molecule has 41 heavy (non-hydrogen) atoms. The second-order valence-electron chi connectivity index (χ2n) is 10.6. The minimum atomic E-state index is -0.864. The van der Waals surface area contributed by atoms with E-state index in [1.54, 1.807) is 29.3 Å². The van der Waals surface area contributed by atoms with Gasteiger partial charge in [-0.25, -0.2) is 4.39 Å². The van der Waals surface area contributed by atoms with Crippen LogP contribution in [0.15, 0.2) is 67.1 Å². The summed E-state index contributed by atoms with van der Waals surface area (Å²) in [6, 6.07) is 9.92. The van der Waals surface area contributed by atoms with E-state index in [1.165, 1.54) is 24.3 Å². The molecule has 10 nitrogen and oxygen atoms in total. The highest BCUT2D eigenvalue weighted by molar-refractivity contribution is 6.25. The summed E-state index contributed by atoms with van der Waals surface area (Å²) in [5.74, 6) is -1.84. The summed E-state index contributed by atoms with van der Waals surface area (Å²) in [5, 5.41) is 10.4. The van der Waals surface area contributed by atoms with E-state index >= 15 is 0 Å². The summed E-state index contributed by atoms with van der Waals surface area (Å²) in [6.07, 6.45) is 6.02. The first-order valence-electron chi connectivity index (χ1n) is 13.6. The lowest BCUT2D eigenvalue weighted by molar-refractivity contribution is -0.125. The Labute approximate surface area is 235 Å². The monoisotopic (exact) mass is 556 g/mol. The number of halogens is 1. The third kappa shape index (κ3) is 4.99. The van der Waals surface area contributed by atoms with Gasteiger partial charge in [-0.3, -0.25) is 28.8 Å². The Morgan fingerprint density at radius 2 is 1.80 bits per heavy atom. The number of likely N-dealkylation sites (tertiary alicyclic amines) is 1. The minimum Gasteiger partial charge on any atom is -0.380 e. The Morgan fingerprint density at radius 3 is 2.54 bits per heavy atom. The molecule has 2 saturated heterocycles. The van der Waals surface area contributed by atoms with Crippen LogP contribution < -0.4 is 10.6 Å². The number of imide groups is 1. The van der Waals surface area contributed by atoms with Gasteiger partial charge in [0.15, 0.2) is 0 Å². The van der Waals surface area contributed by atoms with Crippen molar-refractivity contribution in [3.05, 3.63) is 95.2 Å². The number of nitrogens with one attached hydrogen (secondary N) is 2. The van der Waals surface area contributed by atoms with Crippen LogP contribution in [0.25, 0.3) is 0 Å². The van der Waals surface area contributed by atoms with Gasteiger partial charge in [-0.05, 0) is 62.1 Å². The Morgan fingerprint density at radius 1 is 1.05 bits per heavy atom. The number of allylic oxidation sites excluding steroid dienone is 1. The minimum absolute atomic E-state index is 0.106. The summed E-state index contributed by atoms with van der Waals surface area (Å²) < 4.78 is 15.1. The molecule has 210 valence electrons. The van der Waals surface area contributed by atoms with Crippen molar-refractivity contribution >= 4 is 29.3 Å². The van der Waals surface area contributed by atoms with Crippen LogP contribution in [0.2, 0.25) is 0 Å². The van der Waals surface area contributed by atoms with Crippen LogP contribution in [0.1, 0.15) is 68.4 Å². The molecule has 1 atom stereocenters. The van der Waals surface area contributed by atoms with Gasteiger partial charge in [0.05, 0.1) is 23.4 Å². The maximum absolute atomic E-state index is 13.4. The van der Waals surface area contributed by atoms with Crippen molar-refractivity contribution in [3.63, 3.8) is 0 Å². The van der Waals surface area contributed by atoms with Gasteiger partial charge < -0.3 is 15.5 Å². The molecular weight excluding hydrogens is 527 g/mol. The summed E-state index contributed by atoms with van der Waals surface area (Å²) in [7, 11) is 0. The van der Waals surface area contributed by atoms with Crippen LogP contribution in [0.5, 0.6) is 0 Å². The molecule has 4 heterocycles. The number of benzene rings is 2. The number of amides is 4. The number of carbonyl (C=O) groups excluding carboxylic acids is 4. The molecule has 1 unspecified atom stereocenters. The first-order chi connectivity index (χ1) is 19.8. The van der Waals surface area contributed by atoms with Crippen LogP contribution in [-0.4, -0.2) is 62.3 Å². The molecule has 4 amide bonds. The van der Waals surface area contributed by atoms with Crippen molar-refractivity contribution in [3.8, 4) is 0 Å². The summed E-state index contributed by atoms with van der Waals surface area (Å²) in [4.78, 5) is 54.6. The van der Waals surface area contributed by atoms with Gasteiger partial charge >= 0.3 is 0 Å². The molecule has 6 rings (SSSR count). The summed E-state index contributed by atoms with van der Waals surface area (Å²) >= 11 is 0. The van der Waals surface area contributed by atoms with Gasteiger partial charge in [0.25, 0.3) is 17.7 Å². The fraction of sp³-hybridized carbons (Fsp3) is 0.300. The quantitative estimate of drug-likeness (QED) is 0.449. The number of carbonyl (C=O) groups is 4. The molecule has 3 aromatic rings. The molecule has 0 saturated carbocycles. The topological polar surface area (TPSA) is 117 Å². The SMILES string of the molecule is C=C1CCC(N2C(=O)c3cccc(NCc4cnn(C5CCN(C(=O)c6ccc(F)cc6)CC5)c4)c3C2=O)C(=O)N1. The third-order valence-corrected chi connectivity index (χ3v) is 7.94. The normalized spacial score (nSPS) is 19.4. The number of nitrogens with zero attached hydrogens (tertiary/aromatic N) is 4. The predicted molar refractivity (Wildman–Crippen MR) is 147 cm³/mol. The second-order valence-corrected chi connectivity index (χ2v) is 10.6. The maximum Gasteiger partial charge on any atom is 0.264 e. The van der Waals surface area contributed by atoms with Crippen molar-refractivity contribution in [1.82, 2.24) is 24.9 Å². The van der Waals surface area contributed by atoms with Crippen LogP contribution in [0.3, 0.4) is 0 Å². The average Bonchev–Trinajstić information content (AvgIpc) is 3.55. The summed E-state index contributed by atoms with van der Waals surface area (Å²) in [5.41, 5.74) is 3.00. The second kappa shape index (κ2) is 10.6. The standard InChI is InChI=1S/C30H29FN6O4/c1-18-5-10-25(27(38)34-18)37-29(40)23-3-2-4-24(26(23)30(37)41)32-15-19-16-33-36(17-19)22-11-13-35(14-12-22)28(39)20-6-8-21(31)9-7-20/h2-4,6-9,16-17,22,25,32H,1,5,10-15H2,(H,34,38). The van der Waals surface area contributed by atoms with E-state index in [1.807, 2.05) is 10.9 Å². The van der Waals surface area contributed by atoms with Crippen molar-refractivity contribution < 1.29 is 23.6 Å². The van der Waals surface area contributed by atoms with Gasteiger partial charge in [-0.1, -0.05) is 12.6 Å². The Hall–Kier alpha value is -4.80. The number of hydrogen-bond acceptors (Lipinski definition) is 6. The number of aromatic nitrogens is 2. The number of piperidine rings is 2. The molecule has 0 aliphatic carbocycles. The van der Waals surface area contributed by atoms with E-state index in [0.717, 1.165) is 23.3 Å². The van der Waals surface area contributed by atoms with E-state index < -0.39 is 23.8 Å². The van der Waals surface area contributed by atoms with Gasteiger partial charge in [-0.2, -0.15) is 5.10 Å². The zero-order valence-electron chi connectivity index (χ0n) is 22.3. The maximum atomic E-state index is 13.4. The lowest BCUT2D eigenvalue weighted by atomic mass is 10.0. The predicted octanol–water partition coefficient (Wildman–Crippen LogP) is 3.50. The molecule has 0 spiro atoms. The van der Waals surface area contributed by atoms with Crippen molar-refractivity contribution in [2.75, 3.05) is 18.4 Å². The van der Waals surface area contributed by atoms with E-state index in [2.05, 4.69) is 22.3 Å². The first-order valence-corrected chi connectivity index (χ1v) is 13.6. The Balaban J connectivity index is 1.08. The lowest BCUT2D eigenvalue weighted by Gasteiger charge is -2.32. The lowest BCUT2D eigenvalue weighted by Crippen LogP contribution is -2.51. The largest absolute Gasteiger partial charge is 0.380 e. The van der Waals surface area contributed by atoms with Crippen LogP contribution in [-0.2, 0) is 11.3 Å². The highest BCUT2D eigenvalue weighted by atomic mass is 19.1. The van der Waals surface area contributed by atoms with Crippen LogP contribution >= 0.6 is 0 Å². The Bertz CT molecular complexity index is 1560. The van der Waals surface area contributed by atoms with Crippen molar-refractivity contribution in [2.24, 2.45) is 0 Å². The molecular formula is C30H29FN6O4. The first kappa shape index (κ1) is 26.4. The van der Waals surface area contributed by atoms with Gasteiger partial charge in [0.1, 0.15) is 11.9 Å². The zero-order chi connectivity index (χ0) is 28.7.